The van der Waals surface area contributed by atoms with Gasteiger partial charge in [-0.2, -0.15) is 0 Å². The molecule has 0 bridgehead atoms. The lowest BCUT2D eigenvalue weighted by molar-refractivity contribution is 0.205. The molecule has 30 heavy (non-hydrogen) atoms. The van der Waals surface area contributed by atoms with Crippen LogP contribution in [0.1, 0.15) is 28.2 Å². The molecule has 154 valence electrons. The maximum atomic E-state index is 12.7. The molecule has 1 aliphatic heterocycles. The molecule has 2 N–H and O–H groups in total. The number of nitrogens with zero attached hydrogens (tertiary/aromatic N) is 2. The first-order chi connectivity index (χ1) is 14.4. The molecule has 0 spiro atoms. The van der Waals surface area contributed by atoms with E-state index in [2.05, 4.69) is 15.3 Å². The summed E-state index contributed by atoms with van der Waals surface area (Å²) in [6.07, 6.45) is 1.06. The van der Waals surface area contributed by atoms with Crippen LogP contribution in [0.3, 0.4) is 0 Å². The van der Waals surface area contributed by atoms with Crippen LogP contribution in [-0.4, -0.2) is 27.4 Å². The van der Waals surface area contributed by atoms with Gasteiger partial charge in [-0.05, 0) is 30.2 Å². The smallest absolute Gasteiger partial charge is 0.320 e. The van der Waals surface area contributed by atoms with Crippen LogP contribution < -0.4 is 10.9 Å². The second-order valence-corrected chi connectivity index (χ2v) is 8.05. The Bertz CT molecular complexity index is 1160. The van der Waals surface area contributed by atoms with Gasteiger partial charge in [0.05, 0.1) is 33.5 Å². The average Bonchev–Trinajstić information content (AvgIpc) is 2.72. The fourth-order valence-electron chi connectivity index (χ4n) is 3.53. The highest BCUT2D eigenvalue weighted by atomic mass is 35.5. The van der Waals surface area contributed by atoms with Gasteiger partial charge in [0.15, 0.2) is 0 Å². The average molecular weight is 443 g/mol. The van der Waals surface area contributed by atoms with Crippen molar-refractivity contribution in [2.45, 2.75) is 26.3 Å². The van der Waals surface area contributed by atoms with Crippen LogP contribution in [-0.2, 0) is 19.4 Å². The van der Waals surface area contributed by atoms with E-state index < -0.39 is 0 Å². The van der Waals surface area contributed by atoms with Gasteiger partial charge < -0.3 is 15.2 Å². The third-order valence-corrected chi connectivity index (χ3v) is 5.85. The van der Waals surface area contributed by atoms with E-state index in [1.54, 1.807) is 23.1 Å². The number of hydrogen-bond acceptors (Lipinski definition) is 3. The van der Waals surface area contributed by atoms with Crippen molar-refractivity contribution in [1.82, 2.24) is 14.9 Å². The van der Waals surface area contributed by atoms with E-state index in [0.717, 1.165) is 16.8 Å². The molecule has 8 heteroatoms. The first-order valence-electron chi connectivity index (χ1n) is 9.58. The van der Waals surface area contributed by atoms with Gasteiger partial charge in [0.1, 0.15) is 5.82 Å². The summed E-state index contributed by atoms with van der Waals surface area (Å²) in [5.74, 6) is 0.633. The van der Waals surface area contributed by atoms with Gasteiger partial charge in [-0.3, -0.25) is 4.79 Å². The van der Waals surface area contributed by atoms with Crippen molar-refractivity contribution in [3.05, 3.63) is 91.1 Å². The van der Waals surface area contributed by atoms with Gasteiger partial charge in [-0.15, -0.1) is 0 Å². The number of urea groups is 1. The number of H-pyrrole nitrogens is 1. The number of para-hydroxylation sites is 1. The van der Waals surface area contributed by atoms with Crippen molar-refractivity contribution < 1.29 is 4.79 Å². The summed E-state index contributed by atoms with van der Waals surface area (Å²) in [5, 5.41) is 3.45. The van der Waals surface area contributed by atoms with Crippen LogP contribution in [0.4, 0.5) is 10.5 Å². The Balaban J connectivity index is 1.52. The summed E-state index contributed by atoms with van der Waals surface area (Å²) in [4.78, 5) is 34.5. The standard InChI is InChI=1S/C22H20Cl2N4O2/c1-13-5-2-3-6-14(13)11-19-25-18-9-10-28(12-15(18)21(29)26-19)22(30)27-20-16(23)7-4-8-17(20)24/h2-8H,9-12H2,1H3,(H,27,30)(H,25,26,29). The molecule has 2 heterocycles. The number of amides is 2. The fraction of sp³-hybridized carbons (Fsp3) is 0.227. The third-order valence-electron chi connectivity index (χ3n) is 5.22. The largest absolute Gasteiger partial charge is 0.322 e. The highest BCUT2D eigenvalue weighted by Gasteiger charge is 2.25. The molecule has 3 aromatic rings. The van der Waals surface area contributed by atoms with Gasteiger partial charge in [0.25, 0.3) is 5.56 Å². The van der Waals surface area contributed by atoms with Gasteiger partial charge in [-0.1, -0.05) is 53.5 Å². The number of halogens is 2. The molecule has 0 fully saturated rings. The Morgan fingerprint density at radius 1 is 1.17 bits per heavy atom. The molecule has 1 aliphatic rings. The molecule has 1 aromatic heterocycles. The molecule has 4 rings (SSSR count). The molecule has 0 atom stereocenters. The number of hydrogen-bond donors (Lipinski definition) is 2. The third kappa shape index (κ3) is 4.20. The number of benzene rings is 2. The minimum absolute atomic E-state index is 0.177. The second-order valence-electron chi connectivity index (χ2n) is 7.24. The predicted octanol–water partition coefficient (Wildman–Crippen LogP) is 4.57. The van der Waals surface area contributed by atoms with Crippen LogP contribution in [0.15, 0.2) is 47.3 Å². The summed E-state index contributed by atoms with van der Waals surface area (Å²) < 4.78 is 0. The highest BCUT2D eigenvalue weighted by Crippen LogP contribution is 2.30. The van der Waals surface area contributed by atoms with Crippen LogP contribution in [0, 0.1) is 6.92 Å². The van der Waals surface area contributed by atoms with E-state index in [-0.39, 0.29) is 18.1 Å². The van der Waals surface area contributed by atoms with Gasteiger partial charge >= 0.3 is 6.03 Å². The van der Waals surface area contributed by atoms with Crippen LogP contribution in [0.5, 0.6) is 0 Å². The second kappa shape index (κ2) is 8.50. The van der Waals surface area contributed by atoms with E-state index in [1.807, 2.05) is 31.2 Å². The first-order valence-corrected chi connectivity index (χ1v) is 10.3. The lowest BCUT2D eigenvalue weighted by atomic mass is 10.0. The molecule has 0 saturated carbocycles. The summed E-state index contributed by atoms with van der Waals surface area (Å²) in [7, 11) is 0. The monoisotopic (exact) mass is 442 g/mol. The lowest BCUT2D eigenvalue weighted by Gasteiger charge is -2.28. The minimum atomic E-state index is -0.362. The number of aryl methyl sites for hydroxylation is 1. The van der Waals surface area contributed by atoms with Crippen molar-refractivity contribution in [2.75, 3.05) is 11.9 Å². The quantitative estimate of drug-likeness (QED) is 0.623. The van der Waals surface area contributed by atoms with Gasteiger partial charge in [-0.25, -0.2) is 9.78 Å². The van der Waals surface area contributed by atoms with Gasteiger partial charge in [0.2, 0.25) is 0 Å². The fourth-order valence-corrected chi connectivity index (χ4v) is 4.02. The normalized spacial score (nSPS) is 13.1. The maximum absolute atomic E-state index is 12.7. The Labute approximate surface area is 183 Å². The molecule has 0 unspecified atom stereocenters. The highest BCUT2D eigenvalue weighted by molar-refractivity contribution is 6.39. The van der Waals surface area contributed by atoms with Crippen molar-refractivity contribution in [3.8, 4) is 0 Å². The molecule has 6 nitrogen and oxygen atoms in total. The molecular weight excluding hydrogens is 423 g/mol. The zero-order valence-corrected chi connectivity index (χ0v) is 17.8. The number of carbonyl (C=O) groups excluding carboxylic acids is 1. The molecule has 2 aromatic carbocycles. The Morgan fingerprint density at radius 2 is 1.90 bits per heavy atom. The number of anilines is 1. The molecule has 0 saturated heterocycles. The molecule has 0 aliphatic carbocycles. The van der Waals surface area contributed by atoms with Crippen LogP contribution >= 0.6 is 23.2 Å². The number of nitrogens with one attached hydrogen (secondary N) is 2. The maximum Gasteiger partial charge on any atom is 0.322 e. The predicted molar refractivity (Wildman–Crippen MR) is 118 cm³/mol. The van der Waals surface area contributed by atoms with Crippen LogP contribution in [0.2, 0.25) is 10.0 Å². The van der Waals surface area contributed by atoms with Crippen LogP contribution in [0.25, 0.3) is 0 Å². The Morgan fingerprint density at radius 3 is 2.63 bits per heavy atom. The Kier molecular flexibility index (Phi) is 5.79. The number of fused-ring (bicyclic) bond motifs is 1. The first kappa shape index (κ1) is 20.4. The Hall–Kier alpha value is -2.83. The summed E-state index contributed by atoms with van der Waals surface area (Å²) in [5.41, 5.74) is 3.67. The number of aromatic nitrogens is 2. The van der Waals surface area contributed by atoms with E-state index in [4.69, 9.17) is 23.2 Å². The topological polar surface area (TPSA) is 78.1 Å². The van der Waals surface area contributed by atoms with Gasteiger partial charge in [0, 0.05) is 19.4 Å². The molecular formula is C22H20Cl2N4O2. The minimum Gasteiger partial charge on any atom is -0.320 e. The number of carbonyl (C=O) groups is 1. The summed E-state index contributed by atoms with van der Waals surface area (Å²) in [6.45, 7) is 2.66. The summed E-state index contributed by atoms with van der Waals surface area (Å²) >= 11 is 12.3. The molecule has 0 radical (unpaired) electrons. The zero-order valence-electron chi connectivity index (χ0n) is 16.3. The van der Waals surface area contributed by atoms with E-state index in [9.17, 15) is 9.59 Å². The number of rotatable bonds is 3. The zero-order chi connectivity index (χ0) is 21.3. The van der Waals surface area contributed by atoms with Crippen molar-refractivity contribution in [1.29, 1.82) is 0 Å². The number of aromatic amines is 1. The van der Waals surface area contributed by atoms with Crippen molar-refractivity contribution in [3.63, 3.8) is 0 Å². The van der Waals surface area contributed by atoms with Crippen molar-refractivity contribution >= 4 is 34.9 Å². The SMILES string of the molecule is Cc1ccccc1Cc1nc2c(c(=O)[nH]1)CN(C(=O)Nc1c(Cl)cccc1Cl)CC2. The van der Waals surface area contributed by atoms with Crippen molar-refractivity contribution in [2.24, 2.45) is 0 Å². The molecule has 2 amide bonds. The van der Waals surface area contributed by atoms with E-state index in [0.29, 0.717) is 46.5 Å². The lowest BCUT2D eigenvalue weighted by Crippen LogP contribution is -2.42. The summed E-state index contributed by atoms with van der Waals surface area (Å²) in [6, 6.07) is 12.7. The van der Waals surface area contributed by atoms with E-state index >= 15 is 0 Å². The van der Waals surface area contributed by atoms with E-state index in [1.165, 1.54) is 0 Å².